The van der Waals surface area contributed by atoms with Gasteiger partial charge in [0, 0.05) is 19.5 Å². The van der Waals surface area contributed by atoms with Gasteiger partial charge in [0.25, 0.3) is 0 Å². The van der Waals surface area contributed by atoms with Gasteiger partial charge in [-0.2, -0.15) is 13.2 Å². The van der Waals surface area contributed by atoms with Crippen LogP contribution in [-0.4, -0.2) is 57.0 Å². The number of hydrogen-bond donors (Lipinski definition) is 0. The molecule has 1 aromatic carbocycles. The maximum absolute atomic E-state index is 12.7. The Kier molecular flexibility index (Phi) is 5.67. The van der Waals surface area contributed by atoms with Gasteiger partial charge in [-0.25, -0.2) is 18.0 Å². The number of ether oxygens (including phenoxy) is 1. The van der Waals surface area contributed by atoms with E-state index >= 15 is 0 Å². The summed E-state index contributed by atoms with van der Waals surface area (Å²) in [5.74, 6) is -3.21. The molecular formula is C17H18F3NO6S. The average Bonchev–Trinajstić information content (AvgIpc) is 2.62. The van der Waals surface area contributed by atoms with Crippen molar-refractivity contribution >= 4 is 21.8 Å². The number of carbonyl (C=O) groups excluding carboxylic acids is 2. The summed E-state index contributed by atoms with van der Waals surface area (Å²) in [6, 6.07) is 4.27. The van der Waals surface area contributed by atoms with Gasteiger partial charge in [-0.15, -0.1) is 5.06 Å². The monoisotopic (exact) mass is 421 g/mol. The van der Waals surface area contributed by atoms with Gasteiger partial charge in [-0.1, -0.05) is 0 Å². The van der Waals surface area contributed by atoms with E-state index in [9.17, 15) is 31.2 Å². The van der Waals surface area contributed by atoms with Gasteiger partial charge in [0.1, 0.15) is 0 Å². The molecule has 2 heterocycles. The first-order valence-corrected chi connectivity index (χ1v) is 10.3. The van der Waals surface area contributed by atoms with Gasteiger partial charge in [-0.05, 0) is 42.5 Å². The third kappa shape index (κ3) is 4.64. The molecule has 0 bridgehead atoms. The van der Waals surface area contributed by atoms with Crippen LogP contribution in [0.3, 0.4) is 0 Å². The van der Waals surface area contributed by atoms with Crippen LogP contribution in [0.25, 0.3) is 0 Å². The highest BCUT2D eigenvalue weighted by Gasteiger charge is 2.43. The number of carbonyl (C=O) groups is 2. The molecule has 0 radical (unpaired) electrons. The normalized spacial score (nSPS) is 19.0. The van der Waals surface area contributed by atoms with Crippen LogP contribution >= 0.6 is 0 Å². The van der Waals surface area contributed by atoms with Gasteiger partial charge < -0.3 is 9.57 Å². The Morgan fingerprint density at radius 3 is 2.57 bits per heavy atom. The molecule has 28 heavy (non-hydrogen) atoms. The molecule has 0 atom stereocenters. The van der Waals surface area contributed by atoms with E-state index in [0.717, 1.165) is 5.06 Å². The molecule has 0 unspecified atom stereocenters. The number of piperidine rings is 1. The fraction of sp³-hybridized carbons (Fsp3) is 0.529. The zero-order valence-electron chi connectivity index (χ0n) is 14.7. The first-order valence-electron chi connectivity index (χ1n) is 8.63. The van der Waals surface area contributed by atoms with Crippen molar-refractivity contribution in [3.63, 3.8) is 0 Å². The number of alkyl halides is 3. The molecule has 2 aliphatic heterocycles. The molecule has 0 aliphatic carbocycles. The minimum atomic E-state index is -5.07. The molecule has 11 heteroatoms. The second-order valence-electron chi connectivity index (χ2n) is 6.74. The number of hydrogen-bond acceptors (Lipinski definition) is 7. The first kappa shape index (κ1) is 20.6. The molecule has 0 aromatic heterocycles. The third-order valence-corrected chi connectivity index (χ3v) is 6.61. The van der Waals surface area contributed by atoms with Crippen LogP contribution in [0.2, 0.25) is 0 Å². The first-order chi connectivity index (χ1) is 13.1. The van der Waals surface area contributed by atoms with Crippen LogP contribution in [0.4, 0.5) is 13.2 Å². The van der Waals surface area contributed by atoms with Crippen molar-refractivity contribution in [2.45, 2.75) is 30.3 Å². The summed E-state index contributed by atoms with van der Waals surface area (Å²) >= 11 is 0. The maximum atomic E-state index is 12.7. The molecule has 2 aliphatic rings. The molecular weight excluding hydrogens is 403 g/mol. The molecule has 1 aromatic rings. The number of nitrogens with zero attached hydrogens (tertiary/aromatic N) is 1. The van der Waals surface area contributed by atoms with Crippen molar-refractivity contribution in [2.75, 3.05) is 25.4 Å². The minimum Gasteiger partial charge on any atom is -0.462 e. The van der Waals surface area contributed by atoms with Crippen LogP contribution in [0, 0.1) is 5.92 Å². The van der Waals surface area contributed by atoms with E-state index in [-0.39, 0.29) is 49.1 Å². The van der Waals surface area contributed by atoms with Crippen LogP contribution in [-0.2, 0) is 30.6 Å². The minimum absolute atomic E-state index is 0.0258. The Bertz CT molecular complexity index is 875. The molecule has 0 saturated carbocycles. The lowest BCUT2D eigenvalue weighted by molar-refractivity contribution is -0.242. The molecule has 1 saturated heterocycles. The van der Waals surface area contributed by atoms with Gasteiger partial charge in [0.2, 0.25) is 0 Å². The average molecular weight is 421 g/mol. The number of benzene rings is 1. The lowest BCUT2D eigenvalue weighted by Gasteiger charge is -2.30. The highest BCUT2D eigenvalue weighted by Crippen LogP contribution is 2.26. The summed E-state index contributed by atoms with van der Waals surface area (Å²) in [5, 5.41) is 0.906. The Morgan fingerprint density at radius 1 is 1.25 bits per heavy atom. The third-order valence-electron chi connectivity index (χ3n) is 4.73. The summed E-state index contributed by atoms with van der Waals surface area (Å²) in [5.41, 5.74) is 0.969. The van der Waals surface area contributed by atoms with E-state index in [2.05, 4.69) is 4.84 Å². The maximum Gasteiger partial charge on any atom is 0.492 e. The van der Waals surface area contributed by atoms with Gasteiger partial charge in [0.15, 0.2) is 9.84 Å². The molecule has 7 nitrogen and oxygen atoms in total. The fourth-order valence-corrected chi connectivity index (χ4v) is 4.99. The van der Waals surface area contributed by atoms with Crippen molar-refractivity contribution in [3.05, 3.63) is 29.3 Å². The second-order valence-corrected chi connectivity index (χ2v) is 8.77. The lowest BCUT2D eigenvalue weighted by Crippen LogP contribution is -2.40. The Balaban J connectivity index is 1.60. The van der Waals surface area contributed by atoms with E-state index in [4.69, 9.17) is 4.74 Å². The van der Waals surface area contributed by atoms with E-state index in [1.54, 1.807) is 0 Å². The van der Waals surface area contributed by atoms with E-state index in [1.165, 1.54) is 18.2 Å². The predicted octanol–water partition coefficient (Wildman–Crippen LogP) is 1.91. The highest BCUT2D eigenvalue weighted by molar-refractivity contribution is 7.91. The quantitative estimate of drug-likeness (QED) is 0.686. The number of halogens is 3. The van der Waals surface area contributed by atoms with Crippen molar-refractivity contribution in [1.82, 2.24) is 5.06 Å². The summed E-state index contributed by atoms with van der Waals surface area (Å²) in [4.78, 5) is 26.9. The largest absolute Gasteiger partial charge is 0.492 e. The molecule has 0 amide bonds. The topological polar surface area (TPSA) is 90.0 Å². The lowest BCUT2D eigenvalue weighted by atomic mass is 10.0. The molecule has 1 fully saturated rings. The van der Waals surface area contributed by atoms with Gasteiger partial charge >= 0.3 is 18.1 Å². The van der Waals surface area contributed by atoms with Crippen molar-refractivity contribution in [1.29, 1.82) is 0 Å². The number of hydroxylamine groups is 2. The van der Waals surface area contributed by atoms with Crippen LogP contribution in [0.15, 0.2) is 23.1 Å². The standard InChI is InChI=1S/C17H18F3NO6S/c18-17(19,20)16(23)27-21-6-3-11(4-7-21)10-28(24,25)13-1-2-14-12(9-13)5-8-26-15(14)22/h1-2,9,11H,3-8,10H2. The summed E-state index contributed by atoms with van der Waals surface area (Å²) < 4.78 is 67.0. The highest BCUT2D eigenvalue weighted by atomic mass is 32.2. The Hall–Kier alpha value is -2.14. The Morgan fingerprint density at radius 2 is 1.93 bits per heavy atom. The van der Waals surface area contributed by atoms with E-state index in [0.29, 0.717) is 17.5 Å². The summed E-state index contributed by atoms with van der Waals surface area (Å²) in [6.07, 6.45) is -4.07. The molecule has 0 N–H and O–H groups in total. The molecule has 0 spiro atoms. The molecule has 3 rings (SSSR count). The van der Waals surface area contributed by atoms with Crippen molar-refractivity contribution in [2.24, 2.45) is 5.92 Å². The number of sulfone groups is 1. The van der Waals surface area contributed by atoms with Crippen molar-refractivity contribution in [3.8, 4) is 0 Å². The zero-order valence-corrected chi connectivity index (χ0v) is 15.5. The summed E-state index contributed by atoms with van der Waals surface area (Å²) in [6.45, 7) is 0.251. The van der Waals surface area contributed by atoms with Gasteiger partial charge in [-0.3, -0.25) is 0 Å². The van der Waals surface area contributed by atoms with Gasteiger partial charge in [0.05, 0.1) is 22.8 Å². The fourth-order valence-electron chi connectivity index (χ4n) is 3.24. The Labute approximate surface area is 159 Å². The van der Waals surface area contributed by atoms with Crippen LogP contribution in [0.5, 0.6) is 0 Å². The smallest absolute Gasteiger partial charge is 0.462 e. The number of esters is 1. The van der Waals surface area contributed by atoms with E-state index < -0.39 is 28.0 Å². The van der Waals surface area contributed by atoms with Crippen LogP contribution in [0.1, 0.15) is 28.8 Å². The van der Waals surface area contributed by atoms with Crippen LogP contribution < -0.4 is 0 Å². The number of cyclic esters (lactones) is 1. The zero-order chi connectivity index (χ0) is 20.5. The van der Waals surface area contributed by atoms with E-state index in [1.807, 2.05) is 0 Å². The van der Waals surface area contributed by atoms with Crippen molar-refractivity contribution < 1.29 is 40.8 Å². The second kappa shape index (κ2) is 7.70. The number of rotatable bonds is 4. The predicted molar refractivity (Wildman–Crippen MR) is 88.9 cm³/mol. The summed E-state index contributed by atoms with van der Waals surface area (Å²) in [7, 11) is -3.63. The molecule has 154 valence electrons. The SMILES string of the molecule is O=C1OCCc2cc(S(=O)(=O)CC3CCN(OC(=O)C(F)(F)F)CC3)ccc21. The number of fused-ring (bicyclic) bond motifs is 1.